The van der Waals surface area contributed by atoms with E-state index in [0.29, 0.717) is 18.2 Å². The predicted molar refractivity (Wildman–Crippen MR) is 109 cm³/mol. The first-order valence-electron chi connectivity index (χ1n) is 10.2. The second kappa shape index (κ2) is 9.73. The molecule has 0 N–H and O–H groups in total. The van der Waals surface area contributed by atoms with Crippen molar-refractivity contribution in [1.82, 2.24) is 15.0 Å². The molecule has 0 unspecified atom stereocenters. The number of carbonyl (C=O) groups excluding carboxylic acids is 1. The van der Waals surface area contributed by atoms with E-state index in [2.05, 4.69) is 22.2 Å². The van der Waals surface area contributed by atoms with E-state index >= 15 is 0 Å². The molecule has 0 radical (unpaired) electrons. The number of nitrogens with zero attached hydrogens (tertiary/aromatic N) is 3. The molecule has 0 aliphatic carbocycles. The van der Waals surface area contributed by atoms with Gasteiger partial charge < -0.3 is 19.1 Å². The van der Waals surface area contributed by atoms with E-state index in [1.807, 2.05) is 30.9 Å². The van der Waals surface area contributed by atoms with Crippen molar-refractivity contribution in [1.29, 1.82) is 0 Å². The van der Waals surface area contributed by atoms with Crippen molar-refractivity contribution in [2.45, 2.75) is 33.1 Å². The Labute approximate surface area is 167 Å². The summed E-state index contributed by atoms with van der Waals surface area (Å²) in [5, 5.41) is 3.84. The number of carbonyl (C=O) groups is 1. The number of hydrogen-bond donors (Lipinski definition) is 0. The number of likely N-dealkylation sites (tertiary alicyclic amines) is 1. The van der Waals surface area contributed by atoms with Gasteiger partial charge in [-0.15, -0.1) is 0 Å². The highest BCUT2D eigenvalue weighted by atomic mass is 16.5. The molecule has 1 amide bonds. The van der Waals surface area contributed by atoms with Crippen molar-refractivity contribution in [3.63, 3.8) is 0 Å². The summed E-state index contributed by atoms with van der Waals surface area (Å²) in [4.78, 5) is 17.1. The third-order valence-electron chi connectivity index (χ3n) is 5.44. The van der Waals surface area contributed by atoms with Gasteiger partial charge in [0.2, 0.25) is 5.76 Å². The van der Waals surface area contributed by atoms with E-state index in [-0.39, 0.29) is 5.91 Å². The quantitative estimate of drug-likeness (QED) is 0.697. The van der Waals surface area contributed by atoms with Crippen molar-refractivity contribution in [3.8, 4) is 5.75 Å². The van der Waals surface area contributed by atoms with Crippen LogP contribution in [0, 0.1) is 12.8 Å². The Kier molecular flexibility index (Phi) is 7.09. The van der Waals surface area contributed by atoms with E-state index in [1.165, 1.54) is 12.0 Å². The van der Waals surface area contributed by atoms with Gasteiger partial charge in [0.05, 0.1) is 12.8 Å². The maximum Gasteiger partial charge on any atom is 0.292 e. The lowest BCUT2D eigenvalue weighted by Crippen LogP contribution is -2.43. The van der Waals surface area contributed by atoms with Gasteiger partial charge in [-0.3, -0.25) is 4.79 Å². The van der Waals surface area contributed by atoms with Crippen LogP contribution in [0.25, 0.3) is 0 Å². The molecule has 6 nitrogen and oxygen atoms in total. The molecule has 6 heteroatoms. The summed E-state index contributed by atoms with van der Waals surface area (Å²) >= 11 is 0. The molecule has 1 atom stereocenters. The highest BCUT2D eigenvalue weighted by Gasteiger charge is 2.25. The van der Waals surface area contributed by atoms with Crippen LogP contribution in [0.2, 0.25) is 0 Å². The van der Waals surface area contributed by atoms with Crippen molar-refractivity contribution in [3.05, 3.63) is 47.3 Å². The maximum atomic E-state index is 12.7. The van der Waals surface area contributed by atoms with Gasteiger partial charge in [0.1, 0.15) is 5.75 Å². The number of methoxy groups -OCH3 is 1. The van der Waals surface area contributed by atoms with Crippen LogP contribution in [0.4, 0.5) is 0 Å². The second-order valence-electron chi connectivity index (χ2n) is 7.59. The minimum Gasteiger partial charge on any atom is -0.497 e. The lowest BCUT2D eigenvalue weighted by molar-refractivity contribution is 0.0650. The molecule has 1 aromatic heterocycles. The molecule has 28 heavy (non-hydrogen) atoms. The van der Waals surface area contributed by atoms with Gasteiger partial charge in [-0.2, -0.15) is 0 Å². The number of amides is 1. The zero-order valence-corrected chi connectivity index (χ0v) is 17.2. The van der Waals surface area contributed by atoms with E-state index in [0.717, 1.165) is 50.5 Å². The fourth-order valence-electron chi connectivity index (χ4n) is 3.91. The molecule has 1 fully saturated rings. The van der Waals surface area contributed by atoms with Gasteiger partial charge in [-0.25, -0.2) is 0 Å². The van der Waals surface area contributed by atoms with Crippen LogP contribution < -0.4 is 4.74 Å². The van der Waals surface area contributed by atoms with E-state index in [4.69, 9.17) is 9.26 Å². The molecule has 1 aliphatic rings. The summed E-state index contributed by atoms with van der Waals surface area (Å²) in [7, 11) is 1.70. The Morgan fingerprint density at radius 2 is 2.25 bits per heavy atom. The summed E-state index contributed by atoms with van der Waals surface area (Å²) in [5.41, 5.74) is 2.04. The SMILES string of the molecule is CCN(C[C@@H]1CCCN(CCc2cccc(OC)c2)C1)C(=O)c1cc(C)no1. The highest BCUT2D eigenvalue weighted by molar-refractivity contribution is 5.91. The van der Waals surface area contributed by atoms with Gasteiger partial charge in [0.15, 0.2) is 0 Å². The molecular formula is C22H31N3O3. The second-order valence-corrected chi connectivity index (χ2v) is 7.59. The summed E-state index contributed by atoms with van der Waals surface area (Å²) in [6.45, 7) is 8.49. The molecule has 1 saturated heterocycles. The van der Waals surface area contributed by atoms with Crippen molar-refractivity contribution in [2.75, 3.05) is 39.8 Å². The molecule has 0 saturated carbocycles. The lowest BCUT2D eigenvalue weighted by atomic mass is 9.96. The van der Waals surface area contributed by atoms with Crippen LogP contribution >= 0.6 is 0 Å². The standard InChI is InChI=1S/C22H31N3O3/c1-4-25(22(26)21-13-17(2)23-28-21)16-19-8-6-11-24(15-19)12-10-18-7-5-9-20(14-18)27-3/h5,7,9,13-14,19H,4,6,8,10-12,15-16H2,1-3H3/t19-/m1/s1. The van der Waals surface area contributed by atoms with Gasteiger partial charge in [-0.1, -0.05) is 17.3 Å². The number of aromatic nitrogens is 1. The minimum absolute atomic E-state index is 0.0587. The van der Waals surface area contributed by atoms with Crippen LogP contribution in [0.3, 0.4) is 0 Å². The maximum absolute atomic E-state index is 12.7. The summed E-state index contributed by atoms with van der Waals surface area (Å²) < 4.78 is 10.5. The summed E-state index contributed by atoms with van der Waals surface area (Å²) in [6.07, 6.45) is 3.35. The Morgan fingerprint density at radius 1 is 1.39 bits per heavy atom. The van der Waals surface area contributed by atoms with Gasteiger partial charge in [0, 0.05) is 32.2 Å². The summed E-state index contributed by atoms with van der Waals surface area (Å²) in [6, 6.07) is 10.0. The monoisotopic (exact) mass is 385 g/mol. The van der Waals surface area contributed by atoms with Gasteiger partial charge in [-0.05, 0) is 63.3 Å². The van der Waals surface area contributed by atoms with Crippen LogP contribution in [0.15, 0.2) is 34.9 Å². The molecule has 152 valence electrons. The number of piperidine rings is 1. The Bertz CT molecular complexity index is 774. The van der Waals surface area contributed by atoms with E-state index < -0.39 is 0 Å². The van der Waals surface area contributed by atoms with Gasteiger partial charge >= 0.3 is 0 Å². The molecule has 0 bridgehead atoms. The fraction of sp³-hybridized carbons (Fsp3) is 0.545. The van der Waals surface area contributed by atoms with E-state index in [1.54, 1.807) is 13.2 Å². The molecule has 0 spiro atoms. The number of hydrogen-bond acceptors (Lipinski definition) is 5. The number of ether oxygens (including phenoxy) is 1. The Hall–Kier alpha value is -2.34. The van der Waals surface area contributed by atoms with E-state index in [9.17, 15) is 4.79 Å². The molecule has 2 heterocycles. The third kappa shape index (κ3) is 5.35. The largest absolute Gasteiger partial charge is 0.497 e. The third-order valence-corrected chi connectivity index (χ3v) is 5.44. The zero-order chi connectivity index (χ0) is 19.9. The van der Waals surface area contributed by atoms with Crippen molar-refractivity contribution >= 4 is 5.91 Å². The molecule has 1 aliphatic heterocycles. The molecule has 3 rings (SSSR count). The number of benzene rings is 1. The minimum atomic E-state index is -0.0587. The number of aryl methyl sites for hydroxylation is 1. The lowest BCUT2D eigenvalue weighted by Gasteiger charge is -2.35. The zero-order valence-electron chi connectivity index (χ0n) is 17.2. The first-order valence-corrected chi connectivity index (χ1v) is 10.2. The van der Waals surface area contributed by atoms with Crippen LogP contribution in [0.1, 0.15) is 41.6 Å². The van der Waals surface area contributed by atoms with Gasteiger partial charge in [0.25, 0.3) is 5.91 Å². The topological polar surface area (TPSA) is 58.8 Å². The average molecular weight is 386 g/mol. The molecular weight excluding hydrogens is 354 g/mol. The van der Waals surface area contributed by atoms with Crippen molar-refractivity contribution < 1.29 is 14.1 Å². The van der Waals surface area contributed by atoms with Crippen LogP contribution in [-0.4, -0.2) is 60.7 Å². The summed E-state index contributed by atoms with van der Waals surface area (Å²) in [5.74, 6) is 1.68. The molecule has 2 aromatic rings. The molecule has 1 aromatic carbocycles. The van der Waals surface area contributed by atoms with Crippen molar-refractivity contribution in [2.24, 2.45) is 5.92 Å². The Balaban J connectivity index is 1.52. The predicted octanol–water partition coefficient (Wildman–Crippen LogP) is 3.41. The fourth-order valence-corrected chi connectivity index (χ4v) is 3.91. The van der Waals surface area contributed by atoms with Crippen LogP contribution in [0.5, 0.6) is 5.75 Å². The average Bonchev–Trinajstić information content (AvgIpc) is 3.17. The first-order chi connectivity index (χ1) is 13.6. The smallest absolute Gasteiger partial charge is 0.292 e. The van der Waals surface area contributed by atoms with Crippen LogP contribution in [-0.2, 0) is 6.42 Å². The highest BCUT2D eigenvalue weighted by Crippen LogP contribution is 2.20. The number of rotatable bonds is 8. The normalized spacial score (nSPS) is 17.5. The first kappa shape index (κ1) is 20.4. The Morgan fingerprint density at radius 3 is 2.96 bits per heavy atom.